The number of sulfonamides is 1. The molecule has 36 heavy (non-hydrogen) atoms. The Morgan fingerprint density at radius 2 is 1.75 bits per heavy atom. The summed E-state index contributed by atoms with van der Waals surface area (Å²) in [4.78, 5) is 12.7. The van der Waals surface area contributed by atoms with Crippen LogP contribution in [0, 0.1) is 5.82 Å². The number of hydrogen-bond acceptors (Lipinski definition) is 6. The number of aliphatic hydroxyl groups is 1. The van der Waals surface area contributed by atoms with Gasteiger partial charge in [0.15, 0.2) is 0 Å². The number of primary amides is 1. The lowest BCUT2D eigenvalue weighted by atomic mass is 9.95. The zero-order valence-electron chi connectivity index (χ0n) is 18.0. The molecule has 1 aliphatic rings. The molecule has 1 aromatic heterocycles. The second-order valence-corrected chi connectivity index (χ2v) is 12.4. The first-order chi connectivity index (χ1) is 16.3. The van der Waals surface area contributed by atoms with Gasteiger partial charge in [-0.2, -0.15) is 30.6 Å². The first kappa shape index (κ1) is 28.6. The van der Waals surface area contributed by atoms with Crippen LogP contribution in [0.3, 0.4) is 0 Å². The second kappa shape index (κ2) is 9.41. The molecule has 7 nitrogen and oxygen atoms in total. The number of thiophene rings is 1. The fourth-order valence-electron chi connectivity index (χ4n) is 3.79. The Hall–Kier alpha value is -1.95. The Balaban J connectivity index is 1.93. The quantitative estimate of drug-likeness (QED) is 0.491. The molecule has 3 N–H and O–H groups in total. The number of rotatable bonds is 5. The number of halogens is 8. The van der Waals surface area contributed by atoms with Gasteiger partial charge in [0.25, 0.3) is 21.5 Å². The third kappa shape index (κ3) is 4.94. The second-order valence-electron chi connectivity index (χ2n) is 7.90. The van der Waals surface area contributed by atoms with E-state index in [2.05, 4.69) is 15.9 Å². The Bertz CT molecular complexity index is 1280. The third-order valence-electron chi connectivity index (χ3n) is 5.55. The number of anilines is 1. The molecule has 0 radical (unpaired) electrons. The molecule has 1 fully saturated rings. The summed E-state index contributed by atoms with van der Waals surface area (Å²) in [5, 5.41) is 10.0. The predicted molar refractivity (Wildman–Crippen MR) is 118 cm³/mol. The maximum Gasteiger partial charge on any atom is 0.430 e. The zero-order valence-corrected chi connectivity index (χ0v) is 21.2. The van der Waals surface area contributed by atoms with Gasteiger partial charge < -0.3 is 15.7 Å². The largest absolute Gasteiger partial charge is 0.430 e. The van der Waals surface area contributed by atoms with Crippen molar-refractivity contribution in [3.8, 4) is 0 Å². The van der Waals surface area contributed by atoms with Gasteiger partial charge in [-0.1, -0.05) is 0 Å². The van der Waals surface area contributed by atoms with Crippen LogP contribution in [0.4, 0.5) is 36.4 Å². The summed E-state index contributed by atoms with van der Waals surface area (Å²) < 4.78 is 120. The predicted octanol–water partition coefficient (Wildman–Crippen LogP) is 3.80. The van der Waals surface area contributed by atoms with E-state index in [-0.39, 0.29) is 25.3 Å². The number of amides is 1. The summed E-state index contributed by atoms with van der Waals surface area (Å²) in [5.74, 6) is -3.27. The van der Waals surface area contributed by atoms with Gasteiger partial charge in [0.2, 0.25) is 0 Å². The van der Waals surface area contributed by atoms with E-state index in [9.17, 15) is 49.1 Å². The van der Waals surface area contributed by atoms with Gasteiger partial charge in [0.05, 0.1) is 9.35 Å². The van der Waals surface area contributed by atoms with Gasteiger partial charge in [-0.05, 0) is 47.1 Å². The fourth-order valence-corrected chi connectivity index (χ4v) is 8.02. The number of hydrogen-bond donors (Lipinski definition) is 2. The van der Waals surface area contributed by atoms with Crippen molar-refractivity contribution in [1.82, 2.24) is 4.31 Å². The van der Waals surface area contributed by atoms with Crippen molar-refractivity contribution < 1.29 is 49.1 Å². The number of carbonyl (C=O) groups excluding carboxylic acids is 1. The van der Waals surface area contributed by atoms with Crippen LogP contribution in [0.5, 0.6) is 0 Å². The lowest BCUT2D eigenvalue weighted by Gasteiger charge is -2.40. The Morgan fingerprint density at radius 1 is 1.14 bits per heavy atom. The number of alkyl halides is 6. The molecular formula is C19H17BrF7N3O4S2. The third-order valence-corrected chi connectivity index (χ3v) is 9.85. The van der Waals surface area contributed by atoms with E-state index >= 15 is 0 Å². The molecule has 2 aromatic rings. The molecule has 1 aliphatic heterocycles. The molecule has 1 saturated heterocycles. The highest BCUT2D eigenvalue weighted by atomic mass is 79.9. The SMILES string of the molecule is C[C@@H]1CN(c2ccc(F)cc2C(F)(F)F)CCN1S(=O)(=O)c1cc([C@@](O)(C(N)=O)C(F)(F)F)c(Br)s1. The summed E-state index contributed by atoms with van der Waals surface area (Å²) in [6.07, 6.45) is -10.4. The van der Waals surface area contributed by atoms with Crippen LogP contribution in [0.1, 0.15) is 18.1 Å². The van der Waals surface area contributed by atoms with Crippen LogP contribution in [-0.2, 0) is 26.6 Å². The van der Waals surface area contributed by atoms with E-state index in [1.807, 2.05) is 0 Å². The van der Waals surface area contributed by atoms with Crippen LogP contribution in [0.25, 0.3) is 0 Å². The molecule has 2 heterocycles. The van der Waals surface area contributed by atoms with Crippen molar-refractivity contribution in [2.75, 3.05) is 24.5 Å². The number of piperazine rings is 1. The number of benzene rings is 1. The summed E-state index contributed by atoms with van der Waals surface area (Å²) >= 11 is 3.04. The molecule has 0 aliphatic carbocycles. The van der Waals surface area contributed by atoms with Gasteiger partial charge in [-0.25, -0.2) is 12.8 Å². The van der Waals surface area contributed by atoms with Crippen molar-refractivity contribution in [2.45, 2.75) is 35.1 Å². The van der Waals surface area contributed by atoms with Crippen molar-refractivity contribution >= 4 is 48.9 Å². The first-order valence-corrected chi connectivity index (χ1v) is 12.9. The molecular weight excluding hydrogens is 611 g/mol. The van der Waals surface area contributed by atoms with Crippen molar-refractivity contribution in [2.24, 2.45) is 5.73 Å². The zero-order chi connectivity index (χ0) is 27.4. The van der Waals surface area contributed by atoms with Gasteiger partial charge in [0, 0.05) is 36.9 Å². The van der Waals surface area contributed by atoms with E-state index in [1.54, 1.807) is 0 Å². The van der Waals surface area contributed by atoms with Crippen molar-refractivity contribution in [3.63, 3.8) is 0 Å². The lowest BCUT2D eigenvalue weighted by molar-refractivity contribution is -0.255. The van der Waals surface area contributed by atoms with Crippen LogP contribution in [0.15, 0.2) is 32.3 Å². The number of carbonyl (C=O) groups is 1. The van der Waals surface area contributed by atoms with E-state index < -0.39 is 64.9 Å². The van der Waals surface area contributed by atoms with Crippen molar-refractivity contribution in [3.05, 3.63) is 45.0 Å². The van der Waals surface area contributed by atoms with Crippen LogP contribution in [0.2, 0.25) is 0 Å². The highest BCUT2D eigenvalue weighted by Gasteiger charge is 2.61. The average molecular weight is 628 g/mol. The molecule has 3 rings (SSSR count). The van der Waals surface area contributed by atoms with E-state index in [0.29, 0.717) is 23.5 Å². The first-order valence-electron chi connectivity index (χ1n) is 9.84. The molecule has 0 unspecified atom stereocenters. The minimum atomic E-state index is -5.56. The van der Waals surface area contributed by atoms with Gasteiger partial charge in [0.1, 0.15) is 10.0 Å². The molecule has 0 spiro atoms. The molecule has 2 atom stereocenters. The van der Waals surface area contributed by atoms with Gasteiger partial charge in [-0.15, -0.1) is 11.3 Å². The fraction of sp³-hybridized carbons (Fsp3) is 0.421. The van der Waals surface area contributed by atoms with Crippen molar-refractivity contribution in [1.29, 1.82) is 0 Å². The van der Waals surface area contributed by atoms with Crippen LogP contribution in [-0.4, -0.2) is 55.6 Å². The van der Waals surface area contributed by atoms with Gasteiger partial charge in [-0.3, -0.25) is 4.79 Å². The Kier molecular flexibility index (Phi) is 7.48. The average Bonchev–Trinajstić information content (AvgIpc) is 3.14. The Morgan fingerprint density at radius 3 is 2.25 bits per heavy atom. The maximum atomic E-state index is 13.5. The van der Waals surface area contributed by atoms with Crippen LogP contribution < -0.4 is 10.6 Å². The minimum absolute atomic E-state index is 0.245. The molecule has 0 bridgehead atoms. The molecule has 17 heteroatoms. The Labute approximate surface area is 212 Å². The molecule has 1 amide bonds. The highest BCUT2D eigenvalue weighted by molar-refractivity contribution is 9.11. The van der Waals surface area contributed by atoms with E-state index in [0.717, 1.165) is 16.4 Å². The van der Waals surface area contributed by atoms with E-state index in [4.69, 9.17) is 5.73 Å². The van der Waals surface area contributed by atoms with Crippen LogP contribution >= 0.6 is 27.3 Å². The van der Waals surface area contributed by atoms with E-state index in [1.165, 1.54) is 11.8 Å². The number of nitrogens with zero attached hydrogens (tertiary/aromatic N) is 2. The summed E-state index contributed by atoms with van der Waals surface area (Å²) in [5.41, 5.74) is -2.11. The summed E-state index contributed by atoms with van der Waals surface area (Å²) in [7, 11) is -4.51. The molecule has 1 aromatic carbocycles. The topological polar surface area (TPSA) is 104 Å². The minimum Gasteiger partial charge on any atom is -0.368 e. The monoisotopic (exact) mass is 627 g/mol. The van der Waals surface area contributed by atoms with Gasteiger partial charge >= 0.3 is 12.4 Å². The summed E-state index contributed by atoms with van der Waals surface area (Å²) in [6.45, 7) is 0.522. The lowest BCUT2D eigenvalue weighted by Crippen LogP contribution is -2.54. The molecule has 200 valence electrons. The smallest absolute Gasteiger partial charge is 0.368 e. The molecule has 0 saturated carbocycles. The normalized spacial score (nSPS) is 19.8. The number of nitrogens with two attached hydrogens (primary N) is 1. The summed E-state index contributed by atoms with van der Waals surface area (Å²) in [6, 6.07) is 1.61. The standard InChI is InChI=1S/C19H17BrF7N3O4S2/c1-9-8-29(13-3-2-10(21)6-11(13)18(22,23)24)4-5-30(9)36(33,34)14-7-12(15(20)35-14)17(32,16(28)31)19(25,26)27/h2-3,6-7,9,32H,4-5,8H2,1H3,(H2,28,31)/t9-,17-/m1/s1. The maximum absolute atomic E-state index is 13.5. The highest BCUT2D eigenvalue weighted by Crippen LogP contribution is 2.46.